The molecule has 0 fully saturated rings. The zero-order chi connectivity index (χ0) is 12.8. The molecule has 1 rings (SSSR count). The molecular weight excluding hydrogens is 212 g/mol. The van der Waals surface area contributed by atoms with E-state index in [9.17, 15) is 4.79 Å². The molecule has 0 saturated carbocycles. The molecule has 0 saturated heterocycles. The summed E-state index contributed by atoms with van der Waals surface area (Å²) in [7, 11) is 0. The van der Waals surface area contributed by atoms with Crippen LogP contribution in [0.1, 0.15) is 50.7 Å². The van der Waals surface area contributed by atoms with Crippen molar-refractivity contribution in [2.45, 2.75) is 46.0 Å². The highest BCUT2D eigenvalue weighted by Crippen LogP contribution is 2.24. The minimum Gasteiger partial charge on any atom is -0.481 e. The van der Waals surface area contributed by atoms with Crippen LogP contribution in [-0.4, -0.2) is 11.1 Å². The SMILES string of the molecule is CC[C@H](CC(=O)O)c1ccc(CC(C)C)cc1. The fourth-order valence-electron chi connectivity index (χ4n) is 2.11. The highest BCUT2D eigenvalue weighted by molar-refractivity contribution is 5.68. The normalized spacial score (nSPS) is 12.7. The van der Waals surface area contributed by atoms with E-state index in [1.165, 1.54) is 5.56 Å². The molecule has 17 heavy (non-hydrogen) atoms. The first kappa shape index (κ1) is 13.8. The van der Waals surface area contributed by atoms with Crippen LogP contribution >= 0.6 is 0 Å². The van der Waals surface area contributed by atoms with E-state index in [4.69, 9.17) is 5.11 Å². The lowest BCUT2D eigenvalue weighted by Gasteiger charge is -2.13. The molecule has 0 heterocycles. The molecule has 0 bridgehead atoms. The zero-order valence-corrected chi connectivity index (χ0v) is 10.9. The number of benzene rings is 1. The number of carbonyl (C=O) groups is 1. The maximum Gasteiger partial charge on any atom is 0.303 e. The molecule has 0 aliphatic rings. The third kappa shape index (κ3) is 4.59. The molecule has 1 atom stereocenters. The number of carboxylic acids is 1. The van der Waals surface area contributed by atoms with Crippen molar-refractivity contribution in [1.82, 2.24) is 0 Å². The summed E-state index contributed by atoms with van der Waals surface area (Å²) < 4.78 is 0. The maximum atomic E-state index is 10.8. The third-order valence-electron chi connectivity index (χ3n) is 3.01. The number of hydrogen-bond acceptors (Lipinski definition) is 1. The van der Waals surface area contributed by atoms with E-state index in [-0.39, 0.29) is 12.3 Å². The molecule has 0 aliphatic carbocycles. The first-order valence-electron chi connectivity index (χ1n) is 6.33. The van der Waals surface area contributed by atoms with E-state index in [1.54, 1.807) is 0 Å². The van der Waals surface area contributed by atoms with Gasteiger partial charge < -0.3 is 5.11 Å². The lowest BCUT2D eigenvalue weighted by atomic mass is 9.91. The Labute approximate surface area is 104 Å². The highest BCUT2D eigenvalue weighted by Gasteiger charge is 2.13. The topological polar surface area (TPSA) is 37.3 Å². The van der Waals surface area contributed by atoms with Gasteiger partial charge in [-0.1, -0.05) is 45.0 Å². The van der Waals surface area contributed by atoms with Crippen LogP contribution in [0.15, 0.2) is 24.3 Å². The van der Waals surface area contributed by atoms with Crippen LogP contribution in [0, 0.1) is 5.92 Å². The first-order chi connectivity index (χ1) is 8.02. The van der Waals surface area contributed by atoms with Gasteiger partial charge in [-0.2, -0.15) is 0 Å². The van der Waals surface area contributed by atoms with E-state index in [0.29, 0.717) is 5.92 Å². The fraction of sp³-hybridized carbons (Fsp3) is 0.533. The van der Waals surface area contributed by atoms with Crippen molar-refractivity contribution in [1.29, 1.82) is 0 Å². The fourth-order valence-corrected chi connectivity index (χ4v) is 2.11. The molecular formula is C15H22O2. The lowest BCUT2D eigenvalue weighted by molar-refractivity contribution is -0.137. The van der Waals surface area contributed by atoms with Crippen molar-refractivity contribution >= 4 is 5.97 Å². The second-order valence-electron chi connectivity index (χ2n) is 5.04. The summed E-state index contributed by atoms with van der Waals surface area (Å²) >= 11 is 0. The monoisotopic (exact) mass is 234 g/mol. The predicted molar refractivity (Wildman–Crippen MR) is 70.3 cm³/mol. The zero-order valence-electron chi connectivity index (χ0n) is 10.9. The molecule has 0 unspecified atom stereocenters. The average Bonchev–Trinajstić information content (AvgIpc) is 2.26. The third-order valence-corrected chi connectivity index (χ3v) is 3.01. The van der Waals surface area contributed by atoms with Crippen molar-refractivity contribution in [2.24, 2.45) is 5.92 Å². The van der Waals surface area contributed by atoms with Gasteiger partial charge in [0.05, 0.1) is 6.42 Å². The molecule has 2 heteroatoms. The number of hydrogen-bond donors (Lipinski definition) is 1. The van der Waals surface area contributed by atoms with Gasteiger partial charge in [0.15, 0.2) is 0 Å². The summed E-state index contributed by atoms with van der Waals surface area (Å²) in [6.07, 6.45) is 2.17. The molecule has 0 radical (unpaired) electrons. The Morgan fingerprint density at radius 3 is 2.24 bits per heavy atom. The van der Waals surface area contributed by atoms with Gasteiger partial charge in [-0.25, -0.2) is 0 Å². The Morgan fingerprint density at radius 2 is 1.82 bits per heavy atom. The van der Waals surface area contributed by atoms with Gasteiger partial charge in [0.2, 0.25) is 0 Å². The minimum absolute atomic E-state index is 0.139. The smallest absolute Gasteiger partial charge is 0.303 e. The van der Waals surface area contributed by atoms with Crippen LogP contribution in [0.2, 0.25) is 0 Å². The van der Waals surface area contributed by atoms with E-state index in [1.807, 2.05) is 6.92 Å². The van der Waals surface area contributed by atoms with Gasteiger partial charge in [-0.3, -0.25) is 4.79 Å². The number of carboxylic acid groups (broad SMARTS) is 1. The Hall–Kier alpha value is -1.31. The van der Waals surface area contributed by atoms with Crippen LogP contribution in [0.5, 0.6) is 0 Å². The molecule has 1 aromatic carbocycles. The standard InChI is InChI=1S/C15H22O2/c1-4-13(10-15(16)17)14-7-5-12(6-8-14)9-11(2)3/h5-8,11,13H,4,9-10H2,1-3H3,(H,16,17)/t13-/m1/s1. The Kier molecular flexibility index (Phi) is 5.20. The molecule has 94 valence electrons. The van der Waals surface area contributed by atoms with Crippen molar-refractivity contribution in [3.63, 3.8) is 0 Å². The molecule has 0 amide bonds. The van der Waals surface area contributed by atoms with E-state index in [0.717, 1.165) is 18.4 Å². The van der Waals surface area contributed by atoms with E-state index in [2.05, 4.69) is 38.1 Å². The quantitative estimate of drug-likeness (QED) is 0.811. The van der Waals surface area contributed by atoms with Gasteiger partial charge in [-0.05, 0) is 35.8 Å². The summed E-state index contributed by atoms with van der Waals surface area (Å²) in [5, 5.41) is 8.85. The van der Waals surface area contributed by atoms with Gasteiger partial charge in [-0.15, -0.1) is 0 Å². The number of rotatable bonds is 6. The van der Waals surface area contributed by atoms with Crippen molar-refractivity contribution < 1.29 is 9.90 Å². The first-order valence-corrected chi connectivity index (χ1v) is 6.33. The lowest BCUT2D eigenvalue weighted by Crippen LogP contribution is -2.05. The van der Waals surface area contributed by atoms with Crippen LogP contribution in [-0.2, 0) is 11.2 Å². The molecule has 2 nitrogen and oxygen atoms in total. The summed E-state index contributed by atoms with van der Waals surface area (Å²) in [4.78, 5) is 10.8. The van der Waals surface area contributed by atoms with Crippen LogP contribution in [0.25, 0.3) is 0 Å². The van der Waals surface area contributed by atoms with Gasteiger partial charge in [0.1, 0.15) is 0 Å². The van der Waals surface area contributed by atoms with Crippen molar-refractivity contribution in [3.8, 4) is 0 Å². The number of aliphatic carboxylic acids is 1. The molecule has 1 aromatic rings. The Balaban J connectivity index is 2.74. The second-order valence-corrected chi connectivity index (χ2v) is 5.04. The molecule has 0 spiro atoms. The van der Waals surface area contributed by atoms with Crippen LogP contribution in [0.3, 0.4) is 0 Å². The highest BCUT2D eigenvalue weighted by atomic mass is 16.4. The van der Waals surface area contributed by atoms with Gasteiger partial charge in [0.25, 0.3) is 0 Å². The summed E-state index contributed by atoms with van der Waals surface area (Å²) in [5.41, 5.74) is 2.47. The Morgan fingerprint density at radius 1 is 1.24 bits per heavy atom. The van der Waals surface area contributed by atoms with Gasteiger partial charge >= 0.3 is 5.97 Å². The predicted octanol–water partition coefficient (Wildman–Crippen LogP) is 3.85. The van der Waals surface area contributed by atoms with Crippen molar-refractivity contribution in [2.75, 3.05) is 0 Å². The van der Waals surface area contributed by atoms with Crippen LogP contribution < -0.4 is 0 Å². The minimum atomic E-state index is -0.719. The largest absolute Gasteiger partial charge is 0.481 e. The van der Waals surface area contributed by atoms with Gasteiger partial charge in [0, 0.05) is 0 Å². The molecule has 0 aromatic heterocycles. The average molecular weight is 234 g/mol. The summed E-state index contributed by atoms with van der Waals surface area (Å²) in [6.45, 7) is 6.44. The van der Waals surface area contributed by atoms with E-state index < -0.39 is 5.97 Å². The second kappa shape index (κ2) is 6.43. The summed E-state index contributed by atoms with van der Waals surface area (Å²) in [5.74, 6) is 0.0746. The maximum absolute atomic E-state index is 10.8. The molecule has 0 aliphatic heterocycles. The van der Waals surface area contributed by atoms with E-state index >= 15 is 0 Å². The van der Waals surface area contributed by atoms with Crippen LogP contribution in [0.4, 0.5) is 0 Å². The van der Waals surface area contributed by atoms with Crippen molar-refractivity contribution in [3.05, 3.63) is 35.4 Å². The summed E-state index contributed by atoms with van der Waals surface area (Å²) in [6, 6.07) is 8.41. The molecule has 1 N–H and O–H groups in total. The Bertz CT molecular complexity index is 352.